The molecule has 3 rings (SSSR count). The van der Waals surface area contributed by atoms with E-state index in [-0.39, 0.29) is 11.9 Å². The minimum absolute atomic E-state index is 0.196. The van der Waals surface area contributed by atoms with E-state index in [0.29, 0.717) is 5.69 Å². The van der Waals surface area contributed by atoms with Gasteiger partial charge in [-0.15, -0.1) is 0 Å². The van der Waals surface area contributed by atoms with Crippen molar-refractivity contribution in [3.8, 4) is 0 Å². The van der Waals surface area contributed by atoms with Gasteiger partial charge in [0.15, 0.2) is 0 Å². The highest BCUT2D eigenvalue weighted by atomic mass is 16.1. The van der Waals surface area contributed by atoms with Gasteiger partial charge in [-0.1, -0.05) is 6.58 Å². The molecule has 21 heavy (non-hydrogen) atoms. The molecule has 2 aromatic rings. The lowest BCUT2D eigenvalue weighted by Gasteiger charge is -2.18. The van der Waals surface area contributed by atoms with Crippen LogP contribution in [0.15, 0.2) is 37.2 Å². The Balaban J connectivity index is 1.96. The zero-order valence-corrected chi connectivity index (χ0v) is 11.6. The summed E-state index contributed by atoms with van der Waals surface area (Å²) in [6.07, 6.45) is 3.75. The Hall–Kier alpha value is -2.47. The highest BCUT2D eigenvalue weighted by molar-refractivity contribution is 6.01. The van der Waals surface area contributed by atoms with Gasteiger partial charge < -0.3 is 16.0 Å². The number of hydrogen-bond acceptors (Lipinski definition) is 5. The molecule has 0 aliphatic carbocycles. The quantitative estimate of drug-likeness (QED) is 0.829. The van der Waals surface area contributed by atoms with Crippen LogP contribution in [0.5, 0.6) is 0 Å². The second-order valence-corrected chi connectivity index (χ2v) is 5.12. The third-order valence-corrected chi connectivity index (χ3v) is 3.59. The normalized spacial score (nSPS) is 18.0. The van der Waals surface area contributed by atoms with Crippen LogP contribution < -0.4 is 16.0 Å². The van der Waals surface area contributed by atoms with Crippen molar-refractivity contribution >= 4 is 28.3 Å². The molecule has 1 amide bonds. The number of nitrogens with one attached hydrogen (secondary N) is 1. The molecule has 0 radical (unpaired) electrons. The van der Waals surface area contributed by atoms with E-state index in [1.807, 2.05) is 18.2 Å². The van der Waals surface area contributed by atoms with Crippen LogP contribution in [-0.4, -0.2) is 35.0 Å². The van der Waals surface area contributed by atoms with Crippen LogP contribution in [0.1, 0.15) is 6.42 Å². The summed E-state index contributed by atoms with van der Waals surface area (Å²) in [6.45, 7) is 5.15. The molecule has 1 saturated heterocycles. The fraction of sp³-hybridized carbons (Fsp3) is 0.267. The zero-order valence-electron chi connectivity index (χ0n) is 11.6. The Morgan fingerprint density at radius 1 is 1.48 bits per heavy atom. The number of carbonyl (C=O) groups excluding carboxylic acids is 1. The summed E-state index contributed by atoms with van der Waals surface area (Å²) in [5.41, 5.74) is 7.44. The number of nitrogens with two attached hydrogens (primary N) is 1. The van der Waals surface area contributed by atoms with Crippen molar-refractivity contribution in [2.24, 2.45) is 5.73 Å². The van der Waals surface area contributed by atoms with E-state index in [4.69, 9.17) is 5.73 Å². The first-order chi connectivity index (χ1) is 10.2. The summed E-state index contributed by atoms with van der Waals surface area (Å²) in [5, 5.41) is 3.69. The molecule has 0 saturated carbocycles. The third-order valence-electron chi connectivity index (χ3n) is 3.59. The van der Waals surface area contributed by atoms with Crippen LogP contribution in [0.3, 0.4) is 0 Å². The number of nitrogens with zero attached hydrogens (tertiary/aromatic N) is 3. The van der Waals surface area contributed by atoms with Gasteiger partial charge in [0.2, 0.25) is 5.91 Å². The van der Waals surface area contributed by atoms with Crippen molar-refractivity contribution in [1.29, 1.82) is 0 Å². The van der Waals surface area contributed by atoms with Crippen molar-refractivity contribution in [3.63, 3.8) is 0 Å². The summed E-state index contributed by atoms with van der Waals surface area (Å²) >= 11 is 0. The summed E-state index contributed by atoms with van der Waals surface area (Å²) < 4.78 is 0. The number of anilines is 2. The van der Waals surface area contributed by atoms with Crippen LogP contribution >= 0.6 is 0 Å². The molecular weight excluding hydrogens is 266 g/mol. The largest absolute Gasteiger partial charge is 0.354 e. The Morgan fingerprint density at radius 2 is 2.33 bits per heavy atom. The summed E-state index contributed by atoms with van der Waals surface area (Å²) in [4.78, 5) is 22.2. The molecule has 3 N–H and O–H groups in total. The van der Waals surface area contributed by atoms with Gasteiger partial charge in [0.25, 0.3) is 0 Å². The van der Waals surface area contributed by atoms with Gasteiger partial charge in [-0.2, -0.15) is 0 Å². The zero-order chi connectivity index (χ0) is 14.8. The van der Waals surface area contributed by atoms with Crippen LogP contribution in [0.25, 0.3) is 10.9 Å². The van der Waals surface area contributed by atoms with E-state index < -0.39 is 0 Å². The summed E-state index contributed by atoms with van der Waals surface area (Å²) in [5.74, 6) is 0.656. The average molecular weight is 283 g/mol. The predicted octanol–water partition coefficient (Wildman–Crippen LogP) is 1.29. The van der Waals surface area contributed by atoms with Crippen molar-refractivity contribution in [2.75, 3.05) is 23.3 Å². The standard InChI is InChI=1S/C15H17N5O/c1-2-14(21)19-11-3-4-12-13(7-11)17-9-18-15(12)20-6-5-10(16)8-20/h2-4,7,9-10H,1,5-6,8,16H2,(H,19,21). The summed E-state index contributed by atoms with van der Waals surface area (Å²) in [6, 6.07) is 5.79. The minimum atomic E-state index is -0.242. The molecule has 1 unspecified atom stereocenters. The van der Waals surface area contributed by atoms with Crippen molar-refractivity contribution < 1.29 is 4.79 Å². The molecule has 1 aliphatic heterocycles. The van der Waals surface area contributed by atoms with Crippen molar-refractivity contribution in [2.45, 2.75) is 12.5 Å². The van der Waals surface area contributed by atoms with Crippen LogP contribution in [0.2, 0.25) is 0 Å². The molecule has 1 aliphatic rings. The van der Waals surface area contributed by atoms with E-state index >= 15 is 0 Å². The van der Waals surface area contributed by atoms with Crippen LogP contribution in [0, 0.1) is 0 Å². The molecule has 6 heteroatoms. The van der Waals surface area contributed by atoms with Gasteiger partial charge in [-0.05, 0) is 30.7 Å². The number of benzene rings is 1. The second-order valence-electron chi connectivity index (χ2n) is 5.12. The Morgan fingerprint density at radius 3 is 3.05 bits per heavy atom. The maximum atomic E-state index is 11.3. The highest BCUT2D eigenvalue weighted by Gasteiger charge is 2.22. The number of aromatic nitrogens is 2. The smallest absolute Gasteiger partial charge is 0.247 e. The lowest BCUT2D eigenvalue weighted by molar-refractivity contribution is -0.111. The molecule has 1 atom stereocenters. The first kappa shape index (κ1) is 13.5. The van der Waals surface area contributed by atoms with Gasteiger partial charge in [0.1, 0.15) is 12.1 Å². The van der Waals surface area contributed by atoms with Gasteiger partial charge in [-0.3, -0.25) is 4.79 Å². The Kier molecular flexibility index (Phi) is 3.53. The van der Waals surface area contributed by atoms with Crippen molar-refractivity contribution in [1.82, 2.24) is 9.97 Å². The number of amides is 1. The molecule has 1 aromatic heterocycles. The fourth-order valence-corrected chi connectivity index (χ4v) is 2.55. The number of carbonyl (C=O) groups is 1. The van der Waals surface area contributed by atoms with E-state index in [9.17, 15) is 4.79 Å². The van der Waals surface area contributed by atoms with E-state index in [1.54, 1.807) is 6.33 Å². The van der Waals surface area contributed by atoms with Crippen LogP contribution in [0.4, 0.5) is 11.5 Å². The maximum Gasteiger partial charge on any atom is 0.247 e. The van der Waals surface area contributed by atoms with E-state index in [1.165, 1.54) is 6.08 Å². The number of fused-ring (bicyclic) bond motifs is 1. The Labute approximate surface area is 122 Å². The minimum Gasteiger partial charge on any atom is -0.354 e. The van der Waals surface area contributed by atoms with Gasteiger partial charge in [0, 0.05) is 30.2 Å². The lowest BCUT2D eigenvalue weighted by atomic mass is 10.2. The first-order valence-corrected chi connectivity index (χ1v) is 6.86. The molecule has 0 bridgehead atoms. The first-order valence-electron chi connectivity index (χ1n) is 6.86. The molecule has 0 spiro atoms. The lowest BCUT2D eigenvalue weighted by Crippen LogP contribution is -2.27. The molecule has 1 fully saturated rings. The third kappa shape index (κ3) is 2.71. The van der Waals surface area contributed by atoms with E-state index in [0.717, 1.165) is 36.2 Å². The Bertz CT molecular complexity index is 700. The molecule has 1 aromatic carbocycles. The maximum absolute atomic E-state index is 11.3. The monoisotopic (exact) mass is 283 g/mol. The topological polar surface area (TPSA) is 84.1 Å². The van der Waals surface area contributed by atoms with Gasteiger partial charge >= 0.3 is 0 Å². The van der Waals surface area contributed by atoms with Crippen molar-refractivity contribution in [3.05, 3.63) is 37.2 Å². The number of hydrogen-bond donors (Lipinski definition) is 2. The SMILES string of the molecule is C=CC(=O)Nc1ccc2c(N3CCC(N)C3)ncnc2c1. The summed E-state index contributed by atoms with van der Waals surface area (Å²) in [7, 11) is 0. The predicted molar refractivity (Wildman–Crippen MR) is 83.2 cm³/mol. The van der Waals surface area contributed by atoms with Crippen LogP contribution in [-0.2, 0) is 4.79 Å². The second kappa shape index (κ2) is 5.49. The fourth-order valence-electron chi connectivity index (χ4n) is 2.55. The molecule has 108 valence electrons. The van der Waals surface area contributed by atoms with E-state index in [2.05, 4.69) is 26.8 Å². The highest BCUT2D eigenvalue weighted by Crippen LogP contribution is 2.27. The van der Waals surface area contributed by atoms with Gasteiger partial charge in [0.05, 0.1) is 5.52 Å². The van der Waals surface area contributed by atoms with Gasteiger partial charge in [-0.25, -0.2) is 9.97 Å². The molecule has 2 heterocycles. The molecule has 6 nitrogen and oxygen atoms in total. The number of rotatable bonds is 3. The molecular formula is C15H17N5O. The average Bonchev–Trinajstić information content (AvgIpc) is 2.92.